The number of hydrogen-bond donors (Lipinski definition) is 1. The van der Waals surface area contributed by atoms with Crippen molar-refractivity contribution < 1.29 is 9.53 Å². The van der Waals surface area contributed by atoms with Crippen LogP contribution in [0.15, 0.2) is 60.7 Å². The number of carbonyl (C=O) groups excluding carboxylic acids is 1. The fraction of sp³-hybridized carbons (Fsp3) is 0.0909. The minimum atomic E-state index is -0.800. The molecular weight excluding hydrogens is 463 g/mol. The van der Waals surface area contributed by atoms with Crippen LogP contribution in [0.5, 0.6) is 5.75 Å². The lowest BCUT2D eigenvalue weighted by Crippen LogP contribution is -2.30. The maximum Gasteiger partial charge on any atom is 0.265 e. The van der Waals surface area contributed by atoms with Crippen molar-refractivity contribution in [3.05, 3.63) is 75.7 Å². The first-order valence-corrected chi connectivity index (χ1v) is 10.9. The second-order valence-electron chi connectivity index (χ2n) is 6.51. The van der Waals surface area contributed by atoms with Crippen LogP contribution >= 0.6 is 46.1 Å². The normalized spacial score (nSPS) is 12.0. The van der Waals surface area contributed by atoms with E-state index in [9.17, 15) is 4.79 Å². The first-order chi connectivity index (χ1) is 14.4. The van der Waals surface area contributed by atoms with Gasteiger partial charge in [-0.25, -0.2) is 4.98 Å². The van der Waals surface area contributed by atoms with Gasteiger partial charge in [0.1, 0.15) is 10.8 Å². The SMILES string of the molecule is CC(Oc1ccc(Cl)cc1Cl)C(=O)Nc1cc(-c2nc3ccccc3s2)ccc1Cl. The van der Waals surface area contributed by atoms with E-state index in [0.717, 1.165) is 20.8 Å². The van der Waals surface area contributed by atoms with Crippen LogP contribution in [0.25, 0.3) is 20.8 Å². The number of rotatable bonds is 5. The molecule has 4 rings (SSSR count). The Morgan fingerprint density at radius 1 is 1.03 bits per heavy atom. The number of nitrogens with one attached hydrogen (secondary N) is 1. The zero-order chi connectivity index (χ0) is 21.3. The number of fused-ring (bicyclic) bond motifs is 1. The smallest absolute Gasteiger partial charge is 0.265 e. The molecule has 30 heavy (non-hydrogen) atoms. The zero-order valence-corrected chi connectivity index (χ0v) is 18.7. The molecule has 152 valence electrons. The topological polar surface area (TPSA) is 51.2 Å². The van der Waals surface area contributed by atoms with E-state index in [1.54, 1.807) is 48.6 Å². The van der Waals surface area contributed by atoms with E-state index in [2.05, 4.69) is 10.3 Å². The predicted molar refractivity (Wildman–Crippen MR) is 125 cm³/mol. The van der Waals surface area contributed by atoms with Crippen LogP contribution in [-0.4, -0.2) is 17.0 Å². The van der Waals surface area contributed by atoms with Crippen LogP contribution in [0.2, 0.25) is 15.1 Å². The molecule has 0 saturated carbocycles. The van der Waals surface area contributed by atoms with E-state index in [1.807, 2.05) is 30.3 Å². The van der Waals surface area contributed by atoms with Crippen molar-refractivity contribution in [3.8, 4) is 16.3 Å². The lowest BCUT2D eigenvalue weighted by molar-refractivity contribution is -0.122. The Balaban J connectivity index is 1.53. The van der Waals surface area contributed by atoms with E-state index in [-0.39, 0.29) is 5.91 Å². The molecule has 0 aliphatic carbocycles. The average molecular weight is 478 g/mol. The first kappa shape index (κ1) is 20.9. The lowest BCUT2D eigenvalue weighted by atomic mass is 10.2. The third-order valence-electron chi connectivity index (χ3n) is 4.33. The summed E-state index contributed by atoms with van der Waals surface area (Å²) in [6.45, 7) is 1.63. The molecule has 8 heteroatoms. The number of benzene rings is 3. The van der Waals surface area contributed by atoms with Gasteiger partial charge in [-0.05, 0) is 49.4 Å². The Kier molecular flexibility index (Phi) is 6.16. The van der Waals surface area contributed by atoms with E-state index in [4.69, 9.17) is 39.5 Å². The Morgan fingerprint density at radius 2 is 1.83 bits per heavy atom. The largest absolute Gasteiger partial charge is 0.479 e. The number of anilines is 1. The van der Waals surface area contributed by atoms with Crippen molar-refractivity contribution in [1.82, 2.24) is 4.98 Å². The lowest BCUT2D eigenvalue weighted by Gasteiger charge is -2.16. The standard InChI is InChI=1S/C22H15Cl3N2O2S/c1-12(29-19-9-7-14(23)11-16(19)25)21(28)26-18-10-13(6-8-15(18)24)22-27-17-4-2-3-5-20(17)30-22/h2-12H,1H3,(H,26,28). The molecule has 1 atom stereocenters. The zero-order valence-electron chi connectivity index (χ0n) is 15.7. The number of amides is 1. The molecule has 0 bridgehead atoms. The van der Waals surface area contributed by atoms with E-state index < -0.39 is 6.10 Å². The monoisotopic (exact) mass is 476 g/mol. The fourth-order valence-electron chi connectivity index (χ4n) is 2.80. The minimum Gasteiger partial charge on any atom is -0.479 e. The molecule has 4 nitrogen and oxygen atoms in total. The molecule has 0 radical (unpaired) electrons. The summed E-state index contributed by atoms with van der Waals surface area (Å²) >= 11 is 19.9. The number of halogens is 3. The Hall–Kier alpha value is -2.31. The summed E-state index contributed by atoms with van der Waals surface area (Å²) in [6.07, 6.45) is -0.800. The van der Waals surface area contributed by atoms with Crippen LogP contribution in [0, 0.1) is 0 Å². The van der Waals surface area contributed by atoms with Crippen molar-refractivity contribution in [1.29, 1.82) is 0 Å². The van der Waals surface area contributed by atoms with Gasteiger partial charge >= 0.3 is 0 Å². The van der Waals surface area contributed by atoms with Gasteiger partial charge in [0, 0.05) is 10.6 Å². The minimum absolute atomic E-state index is 0.331. The van der Waals surface area contributed by atoms with Crippen molar-refractivity contribution in [2.45, 2.75) is 13.0 Å². The summed E-state index contributed by atoms with van der Waals surface area (Å²) in [4.78, 5) is 17.3. The average Bonchev–Trinajstić information content (AvgIpc) is 3.16. The maximum atomic E-state index is 12.7. The summed E-state index contributed by atoms with van der Waals surface area (Å²) in [7, 11) is 0. The third-order valence-corrected chi connectivity index (χ3v) is 6.28. The molecule has 1 aromatic heterocycles. The van der Waals surface area contributed by atoms with Gasteiger partial charge in [-0.2, -0.15) is 0 Å². The number of thiazole rings is 1. The number of aromatic nitrogens is 1. The summed E-state index contributed by atoms with van der Waals surface area (Å²) in [5, 5.41) is 4.91. The highest BCUT2D eigenvalue weighted by atomic mass is 35.5. The highest BCUT2D eigenvalue weighted by molar-refractivity contribution is 7.21. The Labute approximate surface area is 192 Å². The molecule has 0 aliphatic rings. The molecule has 0 fully saturated rings. The van der Waals surface area contributed by atoms with Gasteiger partial charge < -0.3 is 10.1 Å². The molecule has 4 aromatic rings. The summed E-state index contributed by atoms with van der Waals surface area (Å²) in [5.41, 5.74) is 2.28. The number of ether oxygens (including phenoxy) is 1. The molecule has 1 heterocycles. The van der Waals surface area contributed by atoms with Crippen molar-refractivity contribution >= 4 is 68.0 Å². The first-order valence-electron chi connectivity index (χ1n) is 8.99. The summed E-state index contributed by atoms with van der Waals surface area (Å²) in [5.74, 6) is 0.0161. The molecule has 1 N–H and O–H groups in total. The van der Waals surface area contributed by atoms with Gasteiger partial charge in [-0.1, -0.05) is 53.0 Å². The van der Waals surface area contributed by atoms with Crippen LogP contribution in [-0.2, 0) is 4.79 Å². The molecule has 0 saturated heterocycles. The highest BCUT2D eigenvalue weighted by Gasteiger charge is 2.18. The van der Waals surface area contributed by atoms with E-state index in [0.29, 0.717) is 26.5 Å². The van der Waals surface area contributed by atoms with Gasteiger partial charge in [0.05, 0.1) is 25.9 Å². The van der Waals surface area contributed by atoms with Gasteiger partial charge in [-0.15, -0.1) is 11.3 Å². The van der Waals surface area contributed by atoms with E-state index >= 15 is 0 Å². The second-order valence-corrected chi connectivity index (χ2v) is 8.79. The molecular formula is C22H15Cl3N2O2S. The number of para-hydroxylation sites is 1. The molecule has 0 aliphatic heterocycles. The van der Waals surface area contributed by atoms with Crippen molar-refractivity contribution in [2.75, 3.05) is 5.32 Å². The van der Waals surface area contributed by atoms with Gasteiger partial charge in [0.2, 0.25) is 0 Å². The number of nitrogens with zero attached hydrogens (tertiary/aromatic N) is 1. The molecule has 1 unspecified atom stereocenters. The van der Waals surface area contributed by atoms with Gasteiger partial charge in [0.15, 0.2) is 6.10 Å². The van der Waals surface area contributed by atoms with Crippen molar-refractivity contribution in [3.63, 3.8) is 0 Å². The van der Waals surface area contributed by atoms with Gasteiger partial charge in [-0.3, -0.25) is 4.79 Å². The van der Waals surface area contributed by atoms with Crippen molar-refractivity contribution in [2.24, 2.45) is 0 Å². The second kappa shape index (κ2) is 8.82. The fourth-order valence-corrected chi connectivity index (χ4v) is 4.38. The van der Waals surface area contributed by atoms with Gasteiger partial charge in [0.25, 0.3) is 5.91 Å². The maximum absolute atomic E-state index is 12.7. The summed E-state index contributed by atoms with van der Waals surface area (Å²) < 4.78 is 6.77. The van der Waals surface area contributed by atoms with Crippen LogP contribution in [0.1, 0.15) is 6.92 Å². The summed E-state index contributed by atoms with van der Waals surface area (Å²) in [6, 6.07) is 18.2. The third kappa shape index (κ3) is 4.55. The molecule has 0 spiro atoms. The van der Waals surface area contributed by atoms with Crippen LogP contribution < -0.4 is 10.1 Å². The predicted octanol–water partition coefficient (Wildman–Crippen LogP) is 7.33. The Bertz CT molecular complexity index is 1210. The molecule has 1 amide bonds. The van der Waals surface area contributed by atoms with Crippen LogP contribution in [0.4, 0.5) is 5.69 Å². The quantitative estimate of drug-likeness (QED) is 0.327. The highest BCUT2D eigenvalue weighted by Crippen LogP contribution is 2.34. The van der Waals surface area contributed by atoms with Crippen LogP contribution in [0.3, 0.4) is 0 Å². The van der Waals surface area contributed by atoms with E-state index in [1.165, 1.54) is 0 Å². The Morgan fingerprint density at radius 3 is 2.60 bits per heavy atom. The molecule has 3 aromatic carbocycles. The number of carbonyl (C=O) groups is 1. The number of hydrogen-bond acceptors (Lipinski definition) is 4.